The summed E-state index contributed by atoms with van der Waals surface area (Å²) in [6.45, 7) is 0.577. The number of carbonyl (C=O) groups is 2. The monoisotopic (exact) mass is 705 g/mol. The van der Waals surface area contributed by atoms with Crippen LogP contribution in [0.3, 0.4) is 0 Å². The Morgan fingerprint density at radius 3 is 2.26 bits per heavy atom. The Kier molecular flexibility index (Phi) is 11.4. The number of esters is 1. The number of rotatable bonds is 17. The summed E-state index contributed by atoms with van der Waals surface area (Å²) < 4.78 is 36.9. The highest BCUT2D eigenvalue weighted by Gasteiger charge is 2.44. The minimum absolute atomic E-state index is 0.0877. The van der Waals surface area contributed by atoms with Crippen molar-refractivity contribution in [3.05, 3.63) is 53.9 Å². The van der Waals surface area contributed by atoms with Crippen molar-refractivity contribution in [2.45, 2.75) is 109 Å². The van der Waals surface area contributed by atoms with Gasteiger partial charge < -0.3 is 14.2 Å². The van der Waals surface area contributed by atoms with Gasteiger partial charge in [-0.15, -0.1) is 0 Å². The Morgan fingerprint density at radius 1 is 0.930 bits per heavy atom. The lowest BCUT2D eigenvalue weighted by Crippen LogP contribution is -2.51. The normalized spacial score (nSPS) is 16.6. The Hall–Kier alpha value is -2.56. The fourth-order valence-corrected chi connectivity index (χ4v) is 6.80. The molecule has 1 atom stereocenters. The first-order valence-electron chi connectivity index (χ1n) is 16.0. The van der Waals surface area contributed by atoms with Crippen molar-refractivity contribution in [1.29, 1.82) is 0 Å². The molecule has 0 radical (unpaired) electrons. The van der Waals surface area contributed by atoms with Crippen LogP contribution in [0.2, 0.25) is 0 Å². The van der Waals surface area contributed by atoms with E-state index in [2.05, 4.69) is 27.6 Å². The molecular formula is C34H42F2IN3O3. The minimum atomic E-state index is -0.971. The number of unbranched alkanes of at least 4 members (excludes halogenated alkanes) is 10. The molecule has 232 valence electrons. The second-order valence-electron chi connectivity index (χ2n) is 11.9. The summed E-state index contributed by atoms with van der Waals surface area (Å²) in [5, 5.41) is 0. The number of ether oxygens (including phenoxy) is 1. The van der Waals surface area contributed by atoms with Crippen molar-refractivity contribution in [1.82, 2.24) is 14.5 Å². The van der Waals surface area contributed by atoms with Crippen molar-refractivity contribution in [3.63, 3.8) is 0 Å². The van der Waals surface area contributed by atoms with Gasteiger partial charge in [0.1, 0.15) is 12.3 Å². The molecule has 1 fully saturated rings. The lowest BCUT2D eigenvalue weighted by molar-refractivity contribution is -0.145. The van der Waals surface area contributed by atoms with Gasteiger partial charge in [0.05, 0.1) is 17.1 Å². The highest BCUT2D eigenvalue weighted by Crippen LogP contribution is 2.41. The summed E-state index contributed by atoms with van der Waals surface area (Å²) >= 11 is 2.45. The third kappa shape index (κ3) is 7.94. The van der Waals surface area contributed by atoms with E-state index in [1.165, 1.54) is 61.9 Å². The molecule has 2 aromatic heterocycles. The number of alkyl halides is 1. The third-order valence-electron chi connectivity index (χ3n) is 8.64. The zero-order chi connectivity index (χ0) is 30.2. The second kappa shape index (κ2) is 15.4. The molecule has 2 aliphatic rings. The predicted octanol–water partition coefficient (Wildman–Crippen LogP) is 8.63. The van der Waals surface area contributed by atoms with Crippen molar-refractivity contribution >= 4 is 45.5 Å². The first-order valence-corrected chi connectivity index (χ1v) is 17.5. The first-order chi connectivity index (χ1) is 21.0. The molecule has 6 nitrogen and oxygen atoms in total. The van der Waals surface area contributed by atoms with E-state index in [4.69, 9.17) is 4.74 Å². The summed E-state index contributed by atoms with van der Waals surface area (Å²) in [6.07, 6.45) is 17.3. The van der Waals surface area contributed by atoms with E-state index >= 15 is 0 Å². The fourth-order valence-electron chi connectivity index (χ4n) is 6.26. The number of pyridine rings is 1. The number of fused-ring (bicyclic) bond motifs is 3. The Balaban J connectivity index is 1.16. The zero-order valence-corrected chi connectivity index (χ0v) is 27.0. The lowest BCUT2D eigenvalue weighted by Gasteiger charge is -2.37. The number of amides is 1. The van der Waals surface area contributed by atoms with Crippen LogP contribution in [0, 0.1) is 11.6 Å². The number of aromatic nitrogens is 2. The van der Waals surface area contributed by atoms with Crippen LogP contribution in [0.1, 0.15) is 100 Å². The van der Waals surface area contributed by atoms with Gasteiger partial charge in [-0.3, -0.25) is 14.6 Å². The van der Waals surface area contributed by atoms with E-state index in [-0.39, 0.29) is 30.6 Å². The van der Waals surface area contributed by atoms with Crippen LogP contribution >= 0.6 is 22.6 Å². The van der Waals surface area contributed by atoms with Gasteiger partial charge in [0.2, 0.25) is 0 Å². The average molecular weight is 706 g/mol. The maximum Gasteiger partial charge on any atom is 0.305 e. The molecular weight excluding hydrogens is 663 g/mol. The lowest BCUT2D eigenvalue weighted by atomic mass is 10.0. The molecule has 3 aromatic rings. The average Bonchev–Trinajstić information content (AvgIpc) is 3.79. The van der Waals surface area contributed by atoms with Gasteiger partial charge in [-0.05, 0) is 59.9 Å². The fraction of sp³-hybridized carbons (Fsp3) is 0.559. The van der Waals surface area contributed by atoms with E-state index < -0.39 is 11.6 Å². The molecule has 43 heavy (non-hydrogen) atoms. The number of nitrogens with zero attached hydrogens (tertiary/aromatic N) is 3. The molecule has 1 aliphatic heterocycles. The number of benzene rings is 1. The summed E-state index contributed by atoms with van der Waals surface area (Å²) in [5.74, 6) is -2.32. The van der Waals surface area contributed by atoms with Gasteiger partial charge >= 0.3 is 5.97 Å². The molecule has 1 saturated carbocycles. The largest absolute Gasteiger partial charge is 0.463 e. The van der Waals surface area contributed by atoms with Crippen LogP contribution in [0.5, 0.6) is 0 Å². The molecule has 0 saturated heterocycles. The van der Waals surface area contributed by atoms with E-state index in [0.29, 0.717) is 35.3 Å². The molecule has 0 N–H and O–H groups in total. The van der Waals surface area contributed by atoms with Gasteiger partial charge in [-0.2, -0.15) is 0 Å². The van der Waals surface area contributed by atoms with Crippen molar-refractivity contribution in [3.8, 4) is 11.1 Å². The molecule has 5 rings (SSSR count). The topological polar surface area (TPSA) is 64.4 Å². The van der Waals surface area contributed by atoms with Gasteiger partial charge in [0.25, 0.3) is 5.91 Å². The van der Waals surface area contributed by atoms with E-state index in [9.17, 15) is 18.4 Å². The van der Waals surface area contributed by atoms with E-state index in [1.807, 2.05) is 15.5 Å². The van der Waals surface area contributed by atoms with Gasteiger partial charge in [0, 0.05) is 30.8 Å². The van der Waals surface area contributed by atoms with Crippen LogP contribution in [0.25, 0.3) is 22.2 Å². The highest BCUT2D eigenvalue weighted by atomic mass is 127. The molecule has 0 bridgehead atoms. The number of carbonyl (C=O) groups excluding carboxylic acids is 2. The van der Waals surface area contributed by atoms with Crippen LogP contribution in [0.4, 0.5) is 8.78 Å². The Morgan fingerprint density at radius 2 is 1.60 bits per heavy atom. The zero-order valence-electron chi connectivity index (χ0n) is 24.8. The van der Waals surface area contributed by atoms with Crippen molar-refractivity contribution in [2.24, 2.45) is 0 Å². The maximum atomic E-state index is 14.2. The van der Waals surface area contributed by atoms with Gasteiger partial charge in [-0.25, -0.2) is 8.78 Å². The van der Waals surface area contributed by atoms with E-state index in [1.54, 1.807) is 12.3 Å². The van der Waals surface area contributed by atoms with E-state index in [0.717, 1.165) is 49.8 Å². The molecule has 1 aromatic carbocycles. The van der Waals surface area contributed by atoms with Gasteiger partial charge in [-0.1, -0.05) is 86.4 Å². The highest BCUT2D eigenvalue weighted by molar-refractivity contribution is 14.1. The first kappa shape index (κ1) is 31.9. The maximum absolute atomic E-state index is 14.2. The summed E-state index contributed by atoms with van der Waals surface area (Å²) in [5.41, 5.74) is 2.65. The third-order valence-corrected chi connectivity index (χ3v) is 9.41. The smallest absolute Gasteiger partial charge is 0.305 e. The number of hydrogen-bond acceptors (Lipinski definition) is 4. The second-order valence-corrected chi connectivity index (χ2v) is 13.0. The molecule has 9 heteroatoms. The SMILES string of the molecule is O=C(CCCCCCCCCCCCCI)OCC1Cn2c(c(-c3ccc(F)c(F)c3)c3ncccc32)C(=O)N1C1CC1. The predicted molar refractivity (Wildman–Crippen MR) is 173 cm³/mol. The number of halogens is 3. The molecule has 3 heterocycles. The van der Waals surface area contributed by atoms with Crippen LogP contribution < -0.4 is 0 Å². The molecule has 1 unspecified atom stereocenters. The summed E-state index contributed by atoms with van der Waals surface area (Å²) in [4.78, 5) is 33.0. The van der Waals surface area contributed by atoms with Gasteiger partial charge in [0.15, 0.2) is 11.6 Å². The van der Waals surface area contributed by atoms with Crippen molar-refractivity contribution in [2.75, 3.05) is 11.0 Å². The Labute approximate surface area is 266 Å². The molecule has 0 spiro atoms. The summed E-state index contributed by atoms with van der Waals surface area (Å²) in [7, 11) is 0. The van der Waals surface area contributed by atoms with Crippen molar-refractivity contribution < 1.29 is 23.1 Å². The minimum Gasteiger partial charge on any atom is -0.463 e. The number of hydrogen-bond donors (Lipinski definition) is 0. The quantitative estimate of drug-likeness (QED) is 0.0611. The summed E-state index contributed by atoms with van der Waals surface area (Å²) in [6, 6.07) is 7.15. The Bertz CT molecular complexity index is 1410. The van der Waals surface area contributed by atoms with Crippen LogP contribution in [-0.2, 0) is 16.1 Å². The molecule has 1 amide bonds. The molecule has 1 aliphatic carbocycles. The van der Waals surface area contributed by atoms with Crippen LogP contribution in [0.15, 0.2) is 36.5 Å². The van der Waals surface area contributed by atoms with Crippen LogP contribution in [-0.4, -0.2) is 49.4 Å². The standard InChI is InChI=1S/C34H42F2IN3O3/c35-27-18-15-24(21-28(27)36)31-32-29(13-12-20-38-32)39-22-26(40(25-16-17-25)34(42)33(31)39)23-43-30(41)14-10-8-6-4-2-1-3-5-7-9-11-19-37/h12-13,15,18,20-21,25-26H,1-11,14,16-17,19,22-23H2.